The topological polar surface area (TPSA) is 35.5 Å². The highest BCUT2D eigenvalue weighted by Crippen LogP contribution is 2.23. The van der Waals surface area contributed by atoms with Crippen molar-refractivity contribution in [2.45, 2.75) is 37.8 Å². The molecule has 13 heavy (non-hydrogen) atoms. The van der Waals surface area contributed by atoms with Gasteiger partial charge in [-0.15, -0.1) is 0 Å². The highest BCUT2D eigenvalue weighted by atomic mass is 16.3. The van der Waals surface area contributed by atoms with Gasteiger partial charge in [0.25, 0.3) is 0 Å². The van der Waals surface area contributed by atoms with Gasteiger partial charge in [0.1, 0.15) is 0 Å². The fourth-order valence-corrected chi connectivity index (χ4v) is 2.32. The number of rotatable bonds is 1. The molecule has 0 spiro atoms. The van der Waals surface area contributed by atoms with Gasteiger partial charge in [-0.05, 0) is 32.7 Å². The van der Waals surface area contributed by atoms with Gasteiger partial charge in [0.15, 0.2) is 0 Å². The monoisotopic (exact) mass is 184 g/mol. The highest BCUT2D eigenvalue weighted by Gasteiger charge is 2.31. The zero-order valence-electron chi connectivity index (χ0n) is 8.42. The van der Waals surface area contributed by atoms with Crippen LogP contribution in [0.3, 0.4) is 0 Å². The predicted octanol–water partition coefficient (Wildman–Crippen LogP) is 0.195. The molecule has 2 rings (SSSR count). The van der Waals surface area contributed by atoms with Crippen LogP contribution >= 0.6 is 0 Å². The summed E-state index contributed by atoms with van der Waals surface area (Å²) in [6, 6.07) is 0.732. The van der Waals surface area contributed by atoms with Crippen molar-refractivity contribution in [1.29, 1.82) is 0 Å². The molecule has 0 aliphatic carbocycles. The van der Waals surface area contributed by atoms with Crippen molar-refractivity contribution in [2.75, 3.05) is 26.2 Å². The molecule has 3 nitrogen and oxygen atoms in total. The molecule has 2 heterocycles. The Labute approximate surface area is 80.1 Å². The van der Waals surface area contributed by atoms with Crippen LogP contribution in [0.15, 0.2) is 0 Å². The second-order valence-electron chi connectivity index (χ2n) is 4.68. The largest absolute Gasteiger partial charge is 0.390 e. The van der Waals surface area contributed by atoms with Crippen LogP contribution < -0.4 is 5.32 Å². The van der Waals surface area contributed by atoms with Gasteiger partial charge in [0.2, 0.25) is 0 Å². The minimum absolute atomic E-state index is 0.400. The molecule has 2 fully saturated rings. The average molecular weight is 184 g/mol. The molecular weight excluding hydrogens is 164 g/mol. The van der Waals surface area contributed by atoms with Crippen LogP contribution in [0.5, 0.6) is 0 Å². The third-order valence-electron chi connectivity index (χ3n) is 3.43. The van der Waals surface area contributed by atoms with Crippen molar-refractivity contribution < 1.29 is 5.11 Å². The Kier molecular flexibility index (Phi) is 2.58. The minimum atomic E-state index is -0.400. The Bertz CT molecular complexity index is 166. The summed E-state index contributed by atoms with van der Waals surface area (Å²) in [4.78, 5) is 2.53. The predicted molar refractivity (Wildman–Crippen MR) is 52.7 cm³/mol. The van der Waals surface area contributed by atoms with Crippen LogP contribution in [-0.4, -0.2) is 47.8 Å². The van der Waals surface area contributed by atoms with Gasteiger partial charge in [0, 0.05) is 25.7 Å². The first-order valence-electron chi connectivity index (χ1n) is 5.34. The van der Waals surface area contributed by atoms with Gasteiger partial charge in [-0.25, -0.2) is 0 Å². The second-order valence-corrected chi connectivity index (χ2v) is 4.68. The maximum Gasteiger partial charge on any atom is 0.0644 e. The fourth-order valence-electron chi connectivity index (χ4n) is 2.32. The smallest absolute Gasteiger partial charge is 0.0644 e. The zero-order chi connectivity index (χ0) is 9.31. The molecule has 0 aromatic carbocycles. The summed E-state index contributed by atoms with van der Waals surface area (Å²) in [5, 5.41) is 13.2. The van der Waals surface area contributed by atoms with E-state index < -0.39 is 5.60 Å². The maximum absolute atomic E-state index is 9.79. The summed E-state index contributed by atoms with van der Waals surface area (Å²) in [7, 11) is 0. The van der Waals surface area contributed by atoms with Gasteiger partial charge in [0.05, 0.1) is 5.60 Å². The number of likely N-dealkylation sites (tertiary alicyclic amines) is 1. The lowest BCUT2D eigenvalue weighted by Gasteiger charge is -2.38. The zero-order valence-corrected chi connectivity index (χ0v) is 8.42. The maximum atomic E-state index is 9.79. The SMILES string of the molecule is CC1(O)CCN([C@@H]2CCNC2)CC1. The highest BCUT2D eigenvalue weighted by molar-refractivity contribution is 4.88. The third kappa shape index (κ3) is 2.22. The molecular formula is C10H20N2O. The van der Waals surface area contributed by atoms with E-state index in [-0.39, 0.29) is 0 Å². The van der Waals surface area contributed by atoms with Crippen molar-refractivity contribution in [3.8, 4) is 0 Å². The normalized spacial score (nSPS) is 35.1. The van der Waals surface area contributed by atoms with E-state index in [4.69, 9.17) is 0 Å². The van der Waals surface area contributed by atoms with Crippen molar-refractivity contribution in [3.05, 3.63) is 0 Å². The number of aliphatic hydroxyl groups is 1. The number of hydrogen-bond acceptors (Lipinski definition) is 3. The summed E-state index contributed by atoms with van der Waals surface area (Å²) in [6.45, 7) is 6.40. The van der Waals surface area contributed by atoms with Gasteiger partial charge < -0.3 is 10.4 Å². The van der Waals surface area contributed by atoms with Crippen LogP contribution in [0.4, 0.5) is 0 Å². The van der Waals surface area contributed by atoms with Gasteiger partial charge in [-0.1, -0.05) is 0 Å². The van der Waals surface area contributed by atoms with Crippen LogP contribution in [-0.2, 0) is 0 Å². The quantitative estimate of drug-likeness (QED) is 0.611. The Morgan fingerprint density at radius 2 is 2.08 bits per heavy atom. The standard InChI is InChI=1S/C10H20N2O/c1-10(13)3-6-12(7-4-10)9-2-5-11-8-9/h9,11,13H,2-8H2,1H3/t9-/m1/s1. The van der Waals surface area contributed by atoms with E-state index in [1.807, 2.05) is 6.92 Å². The average Bonchev–Trinajstić information content (AvgIpc) is 2.56. The van der Waals surface area contributed by atoms with E-state index in [0.717, 1.165) is 45.1 Å². The summed E-state index contributed by atoms with van der Waals surface area (Å²) in [5.41, 5.74) is -0.400. The molecule has 3 heteroatoms. The molecule has 0 amide bonds. The number of hydrogen-bond donors (Lipinski definition) is 2. The Balaban J connectivity index is 1.83. The number of nitrogens with one attached hydrogen (secondary N) is 1. The van der Waals surface area contributed by atoms with Gasteiger partial charge in [-0.3, -0.25) is 4.90 Å². The van der Waals surface area contributed by atoms with E-state index in [1.54, 1.807) is 0 Å². The lowest BCUT2D eigenvalue weighted by Crippen LogP contribution is -2.47. The molecule has 0 radical (unpaired) electrons. The van der Waals surface area contributed by atoms with E-state index >= 15 is 0 Å². The molecule has 0 bridgehead atoms. The van der Waals surface area contributed by atoms with Crippen molar-refractivity contribution in [3.63, 3.8) is 0 Å². The Morgan fingerprint density at radius 1 is 1.38 bits per heavy atom. The summed E-state index contributed by atoms with van der Waals surface area (Å²) in [6.07, 6.45) is 3.15. The minimum Gasteiger partial charge on any atom is -0.390 e. The van der Waals surface area contributed by atoms with E-state index in [0.29, 0.717) is 0 Å². The molecule has 2 aliphatic heterocycles. The molecule has 2 aliphatic rings. The third-order valence-corrected chi connectivity index (χ3v) is 3.43. The first-order chi connectivity index (χ1) is 6.17. The van der Waals surface area contributed by atoms with Gasteiger partial charge >= 0.3 is 0 Å². The Morgan fingerprint density at radius 3 is 2.62 bits per heavy atom. The molecule has 0 saturated carbocycles. The van der Waals surface area contributed by atoms with E-state index in [9.17, 15) is 5.11 Å². The van der Waals surface area contributed by atoms with Crippen molar-refractivity contribution in [1.82, 2.24) is 10.2 Å². The van der Waals surface area contributed by atoms with Crippen molar-refractivity contribution >= 4 is 0 Å². The molecule has 1 atom stereocenters. The summed E-state index contributed by atoms with van der Waals surface area (Å²) < 4.78 is 0. The number of nitrogens with zero attached hydrogens (tertiary/aromatic N) is 1. The first-order valence-corrected chi connectivity index (χ1v) is 5.34. The summed E-state index contributed by atoms with van der Waals surface area (Å²) in [5.74, 6) is 0. The van der Waals surface area contributed by atoms with Crippen LogP contribution in [0.25, 0.3) is 0 Å². The van der Waals surface area contributed by atoms with E-state index in [2.05, 4.69) is 10.2 Å². The van der Waals surface area contributed by atoms with Crippen LogP contribution in [0, 0.1) is 0 Å². The molecule has 76 valence electrons. The molecule has 0 aromatic heterocycles. The summed E-state index contributed by atoms with van der Waals surface area (Å²) >= 11 is 0. The van der Waals surface area contributed by atoms with E-state index in [1.165, 1.54) is 6.42 Å². The molecule has 0 aromatic rings. The number of piperidine rings is 1. The molecule has 2 saturated heterocycles. The molecule has 2 N–H and O–H groups in total. The fraction of sp³-hybridized carbons (Fsp3) is 1.00. The van der Waals surface area contributed by atoms with Crippen molar-refractivity contribution in [2.24, 2.45) is 0 Å². The Hall–Kier alpha value is -0.120. The lowest BCUT2D eigenvalue weighted by molar-refractivity contribution is -0.0143. The first kappa shape index (κ1) is 9.44. The van der Waals surface area contributed by atoms with Gasteiger partial charge in [-0.2, -0.15) is 0 Å². The van der Waals surface area contributed by atoms with Crippen LogP contribution in [0.1, 0.15) is 26.2 Å². The second kappa shape index (κ2) is 3.56. The lowest BCUT2D eigenvalue weighted by atomic mass is 9.93. The molecule has 0 unspecified atom stereocenters. The van der Waals surface area contributed by atoms with Crippen LogP contribution in [0.2, 0.25) is 0 Å².